The minimum Gasteiger partial charge on any atom is -0.313 e. The van der Waals surface area contributed by atoms with Gasteiger partial charge in [0.25, 0.3) is 0 Å². The molecule has 1 saturated heterocycles. The van der Waals surface area contributed by atoms with Gasteiger partial charge in [-0.25, -0.2) is 4.21 Å². The second kappa shape index (κ2) is 8.56. The topological polar surface area (TPSA) is 64.4 Å². The first-order valence-electron chi connectivity index (χ1n) is 7.99. The van der Waals surface area contributed by atoms with E-state index >= 15 is 0 Å². The molecule has 3 atom stereocenters. The molecule has 0 amide bonds. The second-order valence-corrected chi connectivity index (χ2v) is 7.12. The molecule has 1 aromatic carbocycles. The smallest absolute Gasteiger partial charge is 0.157 e. The van der Waals surface area contributed by atoms with Gasteiger partial charge < -0.3 is 14.9 Å². The number of likely N-dealkylation sites (tertiary alicyclic amines) is 1. The van der Waals surface area contributed by atoms with Gasteiger partial charge in [-0.15, -0.1) is 0 Å². The molecule has 122 valence electrons. The van der Waals surface area contributed by atoms with Crippen molar-refractivity contribution < 1.29 is 8.76 Å². The molecule has 1 aromatic rings. The molecule has 0 aliphatic carbocycles. The summed E-state index contributed by atoms with van der Waals surface area (Å²) in [6.07, 6.45) is 5.45. The van der Waals surface area contributed by atoms with E-state index in [9.17, 15) is 4.21 Å². The average Bonchev–Trinajstić information content (AvgIpc) is 2.53. The second-order valence-electron chi connectivity index (χ2n) is 6.19. The number of rotatable bonds is 7. The minimum atomic E-state index is -1.79. The summed E-state index contributed by atoms with van der Waals surface area (Å²) in [5.41, 5.74) is 2.07. The van der Waals surface area contributed by atoms with Crippen molar-refractivity contribution in [3.05, 3.63) is 35.4 Å². The van der Waals surface area contributed by atoms with Gasteiger partial charge in [0.15, 0.2) is 11.1 Å². The summed E-state index contributed by atoms with van der Waals surface area (Å²) in [6.45, 7) is 5.42. The first-order chi connectivity index (χ1) is 10.6. The van der Waals surface area contributed by atoms with Crippen LogP contribution in [0.3, 0.4) is 0 Å². The molecule has 4 nitrogen and oxygen atoms in total. The predicted molar refractivity (Wildman–Crippen MR) is 91.9 cm³/mol. The van der Waals surface area contributed by atoms with Crippen molar-refractivity contribution in [1.29, 1.82) is 5.41 Å². The third-order valence-corrected chi connectivity index (χ3v) is 5.15. The van der Waals surface area contributed by atoms with Crippen LogP contribution in [-0.2, 0) is 16.8 Å². The molecule has 0 aromatic heterocycles. The van der Waals surface area contributed by atoms with Crippen LogP contribution in [0.4, 0.5) is 0 Å². The van der Waals surface area contributed by atoms with Crippen LogP contribution >= 0.6 is 0 Å². The van der Waals surface area contributed by atoms with E-state index < -0.39 is 11.1 Å². The van der Waals surface area contributed by atoms with Crippen molar-refractivity contribution in [2.75, 3.05) is 19.6 Å². The maximum atomic E-state index is 10.8. The highest BCUT2D eigenvalue weighted by atomic mass is 32.2. The number of piperidine rings is 1. The Morgan fingerprint density at radius 1 is 1.27 bits per heavy atom. The zero-order valence-corrected chi connectivity index (χ0v) is 14.0. The van der Waals surface area contributed by atoms with Crippen molar-refractivity contribution in [2.45, 2.75) is 37.9 Å². The van der Waals surface area contributed by atoms with Crippen molar-refractivity contribution >= 4 is 17.3 Å². The largest absolute Gasteiger partial charge is 0.313 e. The van der Waals surface area contributed by atoms with Crippen LogP contribution < -0.4 is 0 Å². The molecule has 1 aliphatic heterocycles. The Morgan fingerprint density at radius 3 is 2.45 bits per heavy atom. The van der Waals surface area contributed by atoms with Crippen molar-refractivity contribution in [2.24, 2.45) is 5.92 Å². The lowest BCUT2D eigenvalue weighted by Crippen LogP contribution is -2.36. The van der Waals surface area contributed by atoms with E-state index in [1.807, 2.05) is 24.3 Å². The van der Waals surface area contributed by atoms with Crippen LogP contribution in [0, 0.1) is 11.3 Å². The molecule has 3 unspecified atom stereocenters. The summed E-state index contributed by atoms with van der Waals surface area (Å²) in [5.74, 6) is 0.681. The van der Waals surface area contributed by atoms with Crippen molar-refractivity contribution in [3.8, 4) is 0 Å². The van der Waals surface area contributed by atoms with E-state index in [1.54, 1.807) is 6.21 Å². The third kappa shape index (κ3) is 5.00. The lowest BCUT2D eigenvalue weighted by atomic mass is 9.87. The first kappa shape index (κ1) is 17.3. The van der Waals surface area contributed by atoms with Crippen molar-refractivity contribution in [1.82, 2.24) is 4.90 Å². The molecule has 1 fully saturated rings. The third-order valence-electron chi connectivity index (χ3n) is 4.57. The van der Waals surface area contributed by atoms with Gasteiger partial charge in [-0.2, -0.15) is 0 Å². The highest BCUT2D eigenvalue weighted by Crippen LogP contribution is 2.25. The van der Waals surface area contributed by atoms with Gasteiger partial charge in [0.1, 0.15) is 0 Å². The molecule has 0 bridgehead atoms. The Bertz CT molecular complexity index is 498. The van der Waals surface area contributed by atoms with Crippen LogP contribution in [-0.4, -0.2) is 39.5 Å². The normalized spacial score (nSPS) is 20.3. The Morgan fingerprint density at radius 2 is 1.91 bits per heavy atom. The molecular weight excluding hydrogens is 296 g/mol. The molecule has 1 aliphatic rings. The van der Waals surface area contributed by atoms with Gasteiger partial charge in [-0.05, 0) is 43.0 Å². The Balaban J connectivity index is 1.99. The summed E-state index contributed by atoms with van der Waals surface area (Å²) in [7, 11) is 0. The Labute approximate surface area is 135 Å². The van der Waals surface area contributed by atoms with E-state index in [4.69, 9.17) is 9.96 Å². The molecule has 2 rings (SSSR count). The van der Waals surface area contributed by atoms with Crippen LogP contribution in [0.2, 0.25) is 0 Å². The van der Waals surface area contributed by atoms with Crippen LogP contribution in [0.25, 0.3) is 0 Å². The predicted octanol–water partition coefficient (Wildman–Crippen LogP) is 3.26. The molecule has 2 N–H and O–H groups in total. The number of benzene rings is 1. The molecule has 0 saturated carbocycles. The first-order valence-corrected chi connectivity index (χ1v) is 9.27. The monoisotopic (exact) mass is 322 g/mol. The standard InChI is InChI=1S/C17H26N2O2S/c1-14(16-7-5-15(6-8-16)13-22(20)21)17(11-18)12-19-9-3-2-4-10-19/h5-8,11,14,17-18H,2-4,9-10,12-13H2,1H3,(H,20,21). The van der Waals surface area contributed by atoms with Gasteiger partial charge in [0, 0.05) is 18.7 Å². The van der Waals surface area contributed by atoms with Gasteiger partial charge in [-0.3, -0.25) is 0 Å². The van der Waals surface area contributed by atoms with E-state index in [-0.39, 0.29) is 17.6 Å². The fourth-order valence-electron chi connectivity index (χ4n) is 3.10. The summed E-state index contributed by atoms with van der Waals surface area (Å²) >= 11 is -1.79. The van der Waals surface area contributed by atoms with Gasteiger partial charge >= 0.3 is 0 Å². The van der Waals surface area contributed by atoms with Gasteiger partial charge in [-0.1, -0.05) is 37.6 Å². The van der Waals surface area contributed by atoms with Crippen molar-refractivity contribution in [3.63, 3.8) is 0 Å². The SMILES string of the molecule is CC(c1ccc(CS(=O)O)cc1)C(C=N)CN1CCCCC1. The fraction of sp³-hybridized carbons (Fsp3) is 0.588. The quantitative estimate of drug-likeness (QED) is 0.598. The van der Waals surface area contributed by atoms with Gasteiger partial charge in [0.2, 0.25) is 0 Å². The highest BCUT2D eigenvalue weighted by molar-refractivity contribution is 7.78. The number of hydrogen-bond acceptors (Lipinski definition) is 3. The molecule has 0 spiro atoms. The Hall–Kier alpha value is -1.04. The number of nitrogens with one attached hydrogen (secondary N) is 1. The van der Waals surface area contributed by atoms with E-state index in [2.05, 4.69) is 11.8 Å². The van der Waals surface area contributed by atoms with Gasteiger partial charge in [0.05, 0.1) is 5.75 Å². The van der Waals surface area contributed by atoms with E-state index in [0.29, 0.717) is 0 Å². The summed E-state index contributed by atoms with van der Waals surface area (Å²) in [4.78, 5) is 2.47. The van der Waals surface area contributed by atoms with Crippen LogP contribution in [0.5, 0.6) is 0 Å². The zero-order valence-electron chi connectivity index (χ0n) is 13.2. The summed E-state index contributed by atoms with van der Waals surface area (Å²) in [5, 5.41) is 7.77. The molecule has 1 heterocycles. The summed E-state index contributed by atoms with van der Waals surface area (Å²) < 4.78 is 19.8. The summed E-state index contributed by atoms with van der Waals surface area (Å²) in [6, 6.07) is 7.89. The number of nitrogens with zero attached hydrogens (tertiary/aromatic N) is 1. The lowest BCUT2D eigenvalue weighted by molar-refractivity contribution is 0.207. The number of hydrogen-bond donors (Lipinski definition) is 2. The van der Waals surface area contributed by atoms with Crippen LogP contribution in [0.15, 0.2) is 24.3 Å². The lowest BCUT2D eigenvalue weighted by Gasteiger charge is -2.31. The molecule has 22 heavy (non-hydrogen) atoms. The Kier molecular flexibility index (Phi) is 6.73. The molecule has 0 radical (unpaired) electrons. The maximum absolute atomic E-state index is 10.8. The maximum Gasteiger partial charge on any atom is 0.157 e. The zero-order chi connectivity index (χ0) is 15.9. The fourth-order valence-corrected chi connectivity index (χ4v) is 3.58. The molecular formula is C17H26N2O2S. The molecule has 5 heteroatoms. The van der Waals surface area contributed by atoms with E-state index in [0.717, 1.165) is 25.2 Å². The average molecular weight is 322 g/mol. The van der Waals surface area contributed by atoms with E-state index in [1.165, 1.54) is 24.8 Å². The van der Waals surface area contributed by atoms with Crippen LogP contribution in [0.1, 0.15) is 43.2 Å². The minimum absolute atomic E-state index is 0.177. The highest BCUT2D eigenvalue weighted by Gasteiger charge is 2.21.